The Morgan fingerprint density at radius 1 is 1.10 bits per heavy atom. The van der Waals surface area contributed by atoms with Crippen LogP contribution in [0.4, 0.5) is 13.2 Å². The minimum absolute atomic E-state index is 0. The molecule has 0 amide bonds. The van der Waals surface area contributed by atoms with Crippen molar-refractivity contribution in [1.29, 1.82) is 0 Å². The van der Waals surface area contributed by atoms with Gasteiger partial charge in [-0.25, -0.2) is 0 Å². The summed E-state index contributed by atoms with van der Waals surface area (Å²) in [4.78, 5) is 4.05. The molecule has 0 aliphatic heterocycles. The van der Waals surface area contributed by atoms with Gasteiger partial charge in [0.2, 0.25) is 0 Å². The summed E-state index contributed by atoms with van der Waals surface area (Å²) >= 11 is 0. The maximum atomic E-state index is 12.5. The number of nitrogens with zero attached hydrogens (tertiary/aromatic N) is 3. The molecule has 0 saturated heterocycles. The van der Waals surface area contributed by atoms with Crippen molar-refractivity contribution in [2.45, 2.75) is 32.4 Å². The van der Waals surface area contributed by atoms with E-state index in [1.807, 2.05) is 26.8 Å². The van der Waals surface area contributed by atoms with Crippen molar-refractivity contribution in [3.05, 3.63) is 35.7 Å². The van der Waals surface area contributed by atoms with Gasteiger partial charge < -0.3 is 10.2 Å². The molecule has 111 valence electrons. The topological polar surface area (TPSA) is 39.9 Å². The number of rotatable bonds is 1. The molecular formula is C13H13F3IrN3-. The molecule has 20 heavy (non-hydrogen) atoms. The van der Waals surface area contributed by atoms with Gasteiger partial charge in [0.15, 0.2) is 0 Å². The van der Waals surface area contributed by atoms with E-state index in [1.54, 1.807) is 12.3 Å². The van der Waals surface area contributed by atoms with Gasteiger partial charge in [0.1, 0.15) is 5.69 Å². The fourth-order valence-corrected chi connectivity index (χ4v) is 1.60. The Labute approximate surface area is 128 Å². The third-order valence-corrected chi connectivity index (χ3v) is 2.72. The molecule has 3 nitrogen and oxygen atoms in total. The van der Waals surface area contributed by atoms with Gasteiger partial charge in [0, 0.05) is 32.0 Å². The molecule has 0 atom stereocenters. The van der Waals surface area contributed by atoms with E-state index in [-0.39, 0.29) is 31.2 Å². The molecule has 0 saturated carbocycles. The summed E-state index contributed by atoms with van der Waals surface area (Å²) in [7, 11) is 0. The summed E-state index contributed by atoms with van der Waals surface area (Å²) in [6.07, 6.45) is -2.91. The summed E-state index contributed by atoms with van der Waals surface area (Å²) < 4.78 is 37.4. The number of hydrogen-bond acceptors (Lipinski definition) is 2. The van der Waals surface area contributed by atoms with E-state index in [1.165, 1.54) is 0 Å². The molecule has 0 unspecified atom stereocenters. The minimum atomic E-state index is -4.48. The number of pyridine rings is 1. The molecule has 7 heteroatoms. The predicted molar refractivity (Wildman–Crippen MR) is 64.5 cm³/mol. The minimum Gasteiger partial charge on any atom is -0.573 e. The summed E-state index contributed by atoms with van der Waals surface area (Å²) in [5.41, 5.74) is 0.415. The van der Waals surface area contributed by atoms with Crippen molar-refractivity contribution in [3.8, 4) is 11.4 Å². The molecule has 2 aromatic heterocycles. The molecule has 0 aromatic carbocycles. The molecule has 0 aliphatic carbocycles. The van der Waals surface area contributed by atoms with E-state index in [9.17, 15) is 13.2 Å². The van der Waals surface area contributed by atoms with Gasteiger partial charge in [-0.2, -0.15) is 13.2 Å². The largest absolute Gasteiger partial charge is 0.573 e. The van der Waals surface area contributed by atoms with Crippen molar-refractivity contribution in [2.24, 2.45) is 0 Å². The van der Waals surface area contributed by atoms with Crippen LogP contribution < -0.4 is 5.10 Å². The monoisotopic (exact) mass is 461 g/mol. The molecule has 0 aliphatic rings. The van der Waals surface area contributed by atoms with Gasteiger partial charge >= 0.3 is 6.18 Å². The molecule has 0 bridgehead atoms. The molecule has 0 fully saturated rings. The van der Waals surface area contributed by atoms with Crippen LogP contribution in [-0.4, -0.2) is 10.1 Å². The Bertz CT molecular complexity index is 585. The molecule has 0 spiro atoms. The summed E-state index contributed by atoms with van der Waals surface area (Å²) in [5, 5.41) is 6.68. The Hall–Kier alpha value is -1.20. The fraction of sp³-hybridized carbons (Fsp3) is 0.385. The third kappa shape index (κ3) is 3.67. The van der Waals surface area contributed by atoms with Gasteiger partial charge in [0.05, 0.1) is 0 Å². The first-order chi connectivity index (χ1) is 8.68. The summed E-state index contributed by atoms with van der Waals surface area (Å²) in [6.45, 7) is 6.05. The van der Waals surface area contributed by atoms with E-state index >= 15 is 0 Å². The molecule has 1 radical (unpaired) electrons. The van der Waals surface area contributed by atoms with Crippen molar-refractivity contribution < 1.29 is 33.3 Å². The zero-order chi connectivity index (χ0) is 14.3. The Morgan fingerprint density at radius 3 is 2.25 bits per heavy atom. The standard InChI is InChI=1S/C13H13F3N3.Ir/c1-12(2,3)8-4-5-17-9(6-8)10-7-11(19-18-10)13(14,15)16;/h4-7H,1-3H3;/q-1;. The van der Waals surface area contributed by atoms with E-state index in [2.05, 4.69) is 15.2 Å². The first kappa shape index (κ1) is 16.9. The van der Waals surface area contributed by atoms with Crippen LogP contribution in [-0.2, 0) is 31.7 Å². The zero-order valence-corrected chi connectivity index (χ0v) is 13.5. The van der Waals surface area contributed by atoms with Crippen molar-refractivity contribution >= 4 is 0 Å². The van der Waals surface area contributed by atoms with Crippen LogP contribution in [0.5, 0.6) is 0 Å². The van der Waals surface area contributed by atoms with Crippen molar-refractivity contribution in [2.75, 3.05) is 0 Å². The van der Waals surface area contributed by atoms with E-state index in [4.69, 9.17) is 0 Å². The van der Waals surface area contributed by atoms with Crippen molar-refractivity contribution in [3.63, 3.8) is 0 Å². The Balaban J connectivity index is 0.00000200. The van der Waals surface area contributed by atoms with Crippen LogP contribution in [0, 0.1) is 0 Å². The summed E-state index contributed by atoms with van der Waals surface area (Å²) in [6, 6.07) is 4.49. The molecule has 2 aromatic rings. The maximum absolute atomic E-state index is 12.5. The van der Waals surface area contributed by atoms with Crippen LogP contribution in [0.25, 0.3) is 11.4 Å². The Kier molecular flexibility index (Phi) is 4.77. The van der Waals surface area contributed by atoms with E-state index < -0.39 is 11.9 Å². The van der Waals surface area contributed by atoms with Gasteiger partial charge in [-0.05, 0) is 29.2 Å². The van der Waals surface area contributed by atoms with Crippen LogP contribution in [0.3, 0.4) is 0 Å². The fourth-order valence-electron chi connectivity index (χ4n) is 1.60. The second-order valence-electron chi connectivity index (χ2n) is 5.29. The van der Waals surface area contributed by atoms with Crippen LogP contribution in [0.1, 0.15) is 32.0 Å². The number of halogens is 3. The van der Waals surface area contributed by atoms with E-state index in [0.29, 0.717) is 5.69 Å². The van der Waals surface area contributed by atoms with Crippen LogP contribution >= 0.6 is 0 Å². The van der Waals surface area contributed by atoms with Crippen LogP contribution in [0.15, 0.2) is 24.4 Å². The normalized spacial score (nSPS) is 12.1. The number of alkyl halides is 3. The first-order valence-electron chi connectivity index (χ1n) is 5.72. The van der Waals surface area contributed by atoms with Gasteiger partial charge in [0.25, 0.3) is 0 Å². The molecule has 0 N–H and O–H groups in total. The average Bonchev–Trinajstić information content (AvgIpc) is 2.77. The van der Waals surface area contributed by atoms with Gasteiger partial charge in [-0.15, -0.1) is 0 Å². The maximum Gasteiger partial charge on any atom is 0.431 e. The average molecular weight is 460 g/mol. The quantitative estimate of drug-likeness (QED) is 0.655. The number of hydrogen-bond donors (Lipinski definition) is 0. The second kappa shape index (κ2) is 5.66. The van der Waals surface area contributed by atoms with Crippen molar-refractivity contribution in [1.82, 2.24) is 15.2 Å². The Morgan fingerprint density at radius 2 is 1.75 bits per heavy atom. The van der Waals surface area contributed by atoms with E-state index in [0.717, 1.165) is 11.6 Å². The van der Waals surface area contributed by atoms with Gasteiger partial charge in [-0.3, -0.25) is 4.98 Å². The first-order valence-corrected chi connectivity index (χ1v) is 5.72. The zero-order valence-electron chi connectivity index (χ0n) is 11.1. The summed E-state index contributed by atoms with van der Waals surface area (Å²) in [5.74, 6) is 0. The second-order valence-corrected chi connectivity index (χ2v) is 5.29. The van der Waals surface area contributed by atoms with Crippen LogP contribution in [0.2, 0.25) is 0 Å². The molecular weight excluding hydrogens is 447 g/mol. The van der Waals surface area contributed by atoms with Gasteiger partial charge in [-0.1, -0.05) is 26.5 Å². The molecule has 2 heterocycles. The smallest absolute Gasteiger partial charge is 0.431 e. The number of aromatic nitrogens is 3. The predicted octanol–water partition coefficient (Wildman–Crippen LogP) is 3.41. The molecule has 2 rings (SSSR count). The SMILES string of the molecule is CC(C)(C)c1ccnc(-c2cc(C(F)(F)F)n[n-]2)c1.[Ir]. The third-order valence-electron chi connectivity index (χ3n) is 2.72.